The topological polar surface area (TPSA) is 64.3 Å². The minimum Gasteiger partial charge on any atom is -0.467 e. The SMILES string of the molecule is CCn1cnc(Cl)c1C(O)C(=O)OC. The average Bonchev–Trinajstić information content (AvgIpc) is 2.57. The van der Waals surface area contributed by atoms with Gasteiger partial charge in [0.1, 0.15) is 0 Å². The highest BCUT2D eigenvalue weighted by atomic mass is 35.5. The monoisotopic (exact) mass is 218 g/mol. The smallest absolute Gasteiger partial charge is 0.341 e. The number of nitrogens with zero attached hydrogens (tertiary/aromatic N) is 2. The molecule has 1 aromatic heterocycles. The molecule has 0 aromatic carbocycles. The van der Waals surface area contributed by atoms with Crippen LogP contribution >= 0.6 is 11.6 Å². The lowest BCUT2D eigenvalue weighted by Crippen LogP contribution is -2.17. The Morgan fingerprint density at radius 2 is 2.50 bits per heavy atom. The van der Waals surface area contributed by atoms with E-state index in [1.165, 1.54) is 13.4 Å². The molecule has 1 N–H and O–H groups in total. The number of aromatic nitrogens is 2. The summed E-state index contributed by atoms with van der Waals surface area (Å²) in [5.41, 5.74) is 0.265. The van der Waals surface area contributed by atoms with Gasteiger partial charge >= 0.3 is 5.97 Å². The number of esters is 1. The van der Waals surface area contributed by atoms with E-state index in [-0.39, 0.29) is 10.8 Å². The van der Waals surface area contributed by atoms with Crippen LogP contribution in [0.2, 0.25) is 5.15 Å². The fourth-order valence-electron chi connectivity index (χ4n) is 1.11. The summed E-state index contributed by atoms with van der Waals surface area (Å²) in [5, 5.41) is 9.67. The standard InChI is InChI=1S/C8H11ClN2O3/c1-3-11-4-10-7(9)5(11)6(12)8(13)14-2/h4,6,12H,3H2,1-2H3. The zero-order valence-corrected chi connectivity index (χ0v) is 8.65. The van der Waals surface area contributed by atoms with Crippen LogP contribution in [0.3, 0.4) is 0 Å². The van der Waals surface area contributed by atoms with E-state index in [2.05, 4.69) is 9.72 Å². The summed E-state index contributed by atoms with van der Waals surface area (Å²) in [6.45, 7) is 2.43. The van der Waals surface area contributed by atoms with Gasteiger partial charge in [0.25, 0.3) is 0 Å². The number of aryl methyl sites for hydroxylation is 1. The molecule has 0 saturated carbocycles. The van der Waals surface area contributed by atoms with Crippen LogP contribution in [-0.2, 0) is 16.1 Å². The molecule has 0 aliphatic rings. The van der Waals surface area contributed by atoms with Crippen molar-refractivity contribution >= 4 is 17.6 Å². The van der Waals surface area contributed by atoms with Crippen LogP contribution in [0.15, 0.2) is 6.33 Å². The molecule has 1 aromatic rings. The molecule has 0 radical (unpaired) electrons. The Bertz CT molecular complexity index is 337. The predicted octanol–water partition coefficient (Wildman–Crippen LogP) is 0.763. The number of halogens is 1. The van der Waals surface area contributed by atoms with Gasteiger partial charge in [-0.3, -0.25) is 0 Å². The van der Waals surface area contributed by atoms with Gasteiger partial charge in [0.2, 0.25) is 0 Å². The first-order valence-corrected chi connectivity index (χ1v) is 4.46. The molecule has 0 fully saturated rings. The molecule has 14 heavy (non-hydrogen) atoms. The van der Waals surface area contributed by atoms with Gasteiger partial charge in [-0.2, -0.15) is 0 Å². The van der Waals surface area contributed by atoms with Crippen molar-refractivity contribution in [3.63, 3.8) is 0 Å². The number of hydrogen-bond donors (Lipinski definition) is 1. The Kier molecular flexibility index (Phi) is 3.49. The third kappa shape index (κ3) is 1.88. The fourth-order valence-corrected chi connectivity index (χ4v) is 1.37. The first-order chi connectivity index (χ1) is 6.61. The van der Waals surface area contributed by atoms with Gasteiger partial charge in [0, 0.05) is 6.54 Å². The highest BCUT2D eigenvalue weighted by Gasteiger charge is 2.24. The third-order valence-electron chi connectivity index (χ3n) is 1.86. The molecular weight excluding hydrogens is 208 g/mol. The molecule has 0 saturated heterocycles. The maximum Gasteiger partial charge on any atom is 0.341 e. The molecule has 0 spiro atoms. The Morgan fingerprint density at radius 3 is 3.00 bits per heavy atom. The minimum absolute atomic E-state index is 0.116. The average molecular weight is 219 g/mol. The normalized spacial score (nSPS) is 12.6. The van der Waals surface area contributed by atoms with Crippen molar-refractivity contribution in [1.82, 2.24) is 9.55 Å². The molecule has 0 bridgehead atoms. The summed E-state index contributed by atoms with van der Waals surface area (Å²) < 4.78 is 5.99. The second kappa shape index (κ2) is 4.43. The number of methoxy groups -OCH3 is 1. The number of rotatable bonds is 3. The van der Waals surface area contributed by atoms with Crippen LogP contribution < -0.4 is 0 Å². The molecule has 78 valence electrons. The van der Waals surface area contributed by atoms with E-state index in [1.807, 2.05) is 6.92 Å². The Labute approximate surface area is 86.3 Å². The summed E-state index contributed by atoms with van der Waals surface area (Å²) in [7, 11) is 1.20. The van der Waals surface area contributed by atoms with Crippen LogP contribution in [0.4, 0.5) is 0 Å². The number of aliphatic hydroxyl groups excluding tert-OH is 1. The van der Waals surface area contributed by atoms with Gasteiger partial charge in [-0.25, -0.2) is 9.78 Å². The number of carbonyl (C=O) groups excluding carboxylic acids is 1. The lowest BCUT2D eigenvalue weighted by atomic mass is 10.2. The maximum atomic E-state index is 11.1. The van der Waals surface area contributed by atoms with Crippen molar-refractivity contribution in [2.75, 3.05) is 7.11 Å². The van der Waals surface area contributed by atoms with E-state index in [0.717, 1.165) is 0 Å². The van der Waals surface area contributed by atoms with Crippen molar-refractivity contribution in [3.8, 4) is 0 Å². The van der Waals surface area contributed by atoms with E-state index in [9.17, 15) is 9.90 Å². The van der Waals surface area contributed by atoms with Crippen molar-refractivity contribution in [2.24, 2.45) is 0 Å². The molecular formula is C8H11ClN2O3. The maximum absolute atomic E-state index is 11.1. The molecule has 5 nitrogen and oxygen atoms in total. The fraction of sp³-hybridized carbons (Fsp3) is 0.500. The van der Waals surface area contributed by atoms with Gasteiger partial charge in [-0.15, -0.1) is 0 Å². The van der Waals surface area contributed by atoms with Crippen molar-refractivity contribution in [2.45, 2.75) is 19.6 Å². The zero-order valence-electron chi connectivity index (χ0n) is 7.90. The third-order valence-corrected chi connectivity index (χ3v) is 2.15. The lowest BCUT2D eigenvalue weighted by molar-refractivity contribution is -0.151. The molecule has 1 atom stereocenters. The summed E-state index contributed by atoms with van der Waals surface area (Å²) in [4.78, 5) is 14.8. The van der Waals surface area contributed by atoms with E-state index in [4.69, 9.17) is 11.6 Å². The van der Waals surface area contributed by atoms with Gasteiger partial charge in [-0.05, 0) is 6.92 Å². The largest absolute Gasteiger partial charge is 0.467 e. The second-order valence-electron chi connectivity index (χ2n) is 2.63. The molecule has 0 amide bonds. The first-order valence-electron chi connectivity index (χ1n) is 4.08. The van der Waals surface area contributed by atoms with Crippen LogP contribution in [0.1, 0.15) is 18.7 Å². The van der Waals surface area contributed by atoms with Crippen LogP contribution in [0.5, 0.6) is 0 Å². The van der Waals surface area contributed by atoms with Gasteiger partial charge in [0.05, 0.1) is 19.1 Å². The van der Waals surface area contributed by atoms with Gasteiger partial charge < -0.3 is 14.4 Å². The number of imidazole rings is 1. The predicted molar refractivity (Wildman–Crippen MR) is 49.9 cm³/mol. The second-order valence-corrected chi connectivity index (χ2v) is 2.99. The van der Waals surface area contributed by atoms with E-state index >= 15 is 0 Å². The highest BCUT2D eigenvalue weighted by molar-refractivity contribution is 6.30. The summed E-state index contributed by atoms with van der Waals surface area (Å²) in [6.07, 6.45) is 0.0825. The molecule has 0 aliphatic carbocycles. The zero-order chi connectivity index (χ0) is 10.7. The first kappa shape index (κ1) is 11.0. The van der Waals surface area contributed by atoms with Crippen molar-refractivity contribution < 1.29 is 14.6 Å². The van der Waals surface area contributed by atoms with E-state index in [0.29, 0.717) is 6.54 Å². The van der Waals surface area contributed by atoms with Crippen LogP contribution in [0, 0.1) is 0 Å². The molecule has 1 rings (SSSR count). The van der Waals surface area contributed by atoms with Crippen molar-refractivity contribution in [1.29, 1.82) is 0 Å². The van der Waals surface area contributed by atoms with Crippen LogP contribution in [-0.4, -0.2) is 27.7 Å². The van der Waals surface area contributed by atoms with Gasteiger partial charge in [0.15, 0.2) is 11.3 Å². The number of ether oxygens (including phenoxy) is 1. The molecule has 1 unspecified atom stereocenters. The molecule has 0 aliphatic heterocycles. The van der Waals surface area contributed by atoms with Gasteiger partial charge in [-0.1, -0.05) is 11.6 Å². The lowest BCUT2D eigenvalue weighted by Gasteiger charge is -2.10. The summed E-state index contributed by atoms with van der Waals surface area (Å²) in [6, 6.07) is 0. The summed E-state index contributed by atoms with van der Waals surface area (Å²) in [5.74, 6) is -0.748. The van der Waals surface area contributed by atoms with Crippen LogP contribution in [0.25, 0.3) is 0 Å². The van der Waals surface area contributed by atoms with Crippen molar-refractivity contribution in [3.05, 3.63) is 17.2 Å². The summed E-state index contributed by atoms with van der Waals surface area (Å²) >= 11 is 5.72. The highest BCUT2D eigenvalue weighted by Crippen LogP contribution is 2.22. The Hall–Kier alpha value is -1.07. The molecule has 1 heterocycles. The van der Waals surface area contributed by atoms with E-state index < -0.39 is 12.1 Å². The number of carbonyl (C=O) groups is 1. The molecule has 6 heteroatoms. The Balaban J connectivity index is 3.04. The number of aliphatic hydroxyl groups is 1. The minimum atomic E-state index is -1.38. The Morgan fingerprint density at radius 1 is 1.86 bits per heavy atom. The van der Waals surface area contributed by atoms with E-state index in [1.54, 1.807) is 4.57 Å². The quantitative estimate of drug-likeness (QED) is 0.761. The number of hydrogen-bond acceptors (Lipinski definition) is 4.